The molecule has 0 saturated carbocycles. The summed E-state index contributed by atoms with van der Waals surface area (Å²) in [6.45, 7) is 9.13. The zero-order chi connectivity index (χ0) is 15.8. The average molecular weight is 307 g/mol. The van der Waals surface area contributed by atoms with Crippen LogP contribution in [-0.4, -0.2) is 47.7 Å². The Kier molecular flexibility index (Phi) is 6.71. The molecule has 1 aliphatic rings. The molecule has 6 nitrogen and oxygen atoms in total. The molecule has 0 unspecified atom stereocenters. The van der Waals surface area contributed by atoms with Gasteiger partial charge in [-0.05, 0) is 52.2 Å². The van der Waals surface area contributed by atoms with Crippen molar-refractivity contribution in [3.8, 4) is 5.88 Å². The lowest BCUT2D eigenvalue weighted by Crippen LogP contribution is -2.21. The van der Waals surface area contributed by atoms with E-state index in [2.05, 4.69) is 20.2 Å². The molecule has 1 aliphatic heterocycles. The number of aryl methyl sites for hydroxylation is 1. The molecule has 22 heavy (non-hydrogen) atoms. The average Bonchev–Trinajstić information content (AvgIpc) is 3.03. The molecular weight excluding hydrogens is 278 g/mol. The number of hydrogen-bond acceptors (Lipinski definition) is 6. The summed E-state index contributed by atoms with van der Waals surface area (Å²) < 4.78 is 5.49. The maximum absolute atomic E-state index is 6.09. The van der Waals surface area contributed by atoms with Crippen molar-refractivity contribution >= 4 is 11.5 Å². The van der Waals surface area contributed by atoms with E-state index in [0.717, 1.165) is 25.2 Å². The number of nitrogens with two attached hydrogens (primary N) is 1. The summed E-state index contributed by atoms with van der Waals surface area (Å²) >= 11 is 0. The van der Waals surface area contributed by atoms with Crippen LogP contribution in [0.25, 0.3) is 0 Å². The Morgan fingerprint density at radius 2 is 1.95 bits per heavy atom. The third-order valence-corrected chi connectivity index (χ3v) is 3.95. The topological polar surface area (TPSA) is 76.3 Å². The molecule has 2 rings (SSSR count). The van der Waals surface area contributed by atoms with E-state index in [0.29, 0.717) is 24.0 Å². The van der Waals surface area contributed by atoms with Gasteiger partial charge < -0.3 is 20.7 Å². The number of nitrogen functional groups attached to an aromatic ring is 1. The molecule has 124 valence electrons. The van der Waals surface area contributed by atoms with Crippen molar-refractivity contribution in [1.82, 2.24) is 14.9 Å². The first-order valence-corrected chi connectivity index (χ1v) is 8.50. The van der Waals surface area contributed by atoms with Crippen molar-refractivity contribution in [3.63, 3.8) is 0 Å². The van der Waals surface area contributed by atoms with E-state index in [1.54, 1.807) is 0 Å². The molecule has 1 aromatic rings. The van der Waals surface area contributed by atoms with Gasteiger partial charge in [-0.25, -0.2) is 4.98 Å². The van der Waals surface area contributed by atoms with E-state index in [9.17, 15) is 0 Å². The number of anilines is 2. The van der Waals surface area contributed by atoms with E-state index in [4.69, 9.17) is 10.5 Å². The Labute approximate surface area is 133 Å². The number of unbranched alkanes of at least 4 members (excludes halogenated alkanes) is 1. The van der Waals surface area contributed by atoms with Gasteiger partial charge in [0.25, 0.3) is 0 Å². The molecule has 0 aromatic carbocycles. The molecule has 1 aromatic heterocycles. The molecule has 0 bridgehead atoms. The third-order valence-electron chi connectivity index (χ3n) is 3.95. The van der Waals surface area contributed by atoms with Gasteiger partial charge in [0.05, 0.1) is 6.61 Å². The predicted octanol–water partition coefficient (Wildman–Crippen LogP) is 2.31. The van der Waals surface area contributed by atoms with Gasteiger partial charge in [0.2, 0.25) is 5.88 Å². The first-order chi connectivity index (χ1) is 10.7. The third kappa shape index (κ3) is 4.73. The minimum absolute atomic E-state index is 0.494. The van der Waals surface area contributed by atoms with Crippen LogP contribution in [0.1, 0.15) is 45.4 Å². The quantitative estimate of drug-likeness (QED) is 0.682. The summed E-state index contributed by atoms with van der Waals surface area (Å²) in [6, 6.07) is 0. The van der Waals surface area contributed by atoms with E-state index in [-0.39, 0.29) is 0 Å². The maximum Gasteiger partial charge on any atom is 0.242 e. The normalized spacial score (nSPS) is 15.2. The lowest BCUT2D eigenvalue weighted by Gasteiger charge is -2.15. The van der Waals surface area contributed by atoms with Gasteiger partial charge in [0, 0.05) is 13.0 Å². The van der Waals surface area contributed by atoms with Crippen LogP contribution in [0.4, 0.5) is 11.5 Å². The number of nitrogens with zero attached hydrogens (tertiary/aromatic N) is 3. The highest BCUT2D eigenvalue weighted by Gasteiger charge is 2.12. The van der Waals surface area contributed by atoms with Gasteiger partial charge in [-0.2, -0.15) is 4.98 Å². The fourth-order valence-electron chi connectivity index (χ4n) is 2.71. The molecule has 0 radical (unpaired) electrons. The van der Waals surface area contributed by atoms with Crippen LogP contribution in [0.3, 0.4) is 0 Å². The molecule has 0 aliphatic carbocycles. The monoisotopic (exact) mass is 307 g/mol. The highest BCUT2D eigenvalue weighted by Crippen LogP contribution is 2.26. The van der Waals surface area contributed by atoms with Crippen molar-refractivity contribution < 1.29 is 4.74 Å². The van der Waals surface area contributed by atoms with Gasteiger partial charge in [0.1, 0.15) is 11.5 Å². The molecule has 3 N–H and O–H groups in total. The highest BCUT2D eigenvalue weighted by molar-refractivity contribution is 5.66. The largest absolute Gasteiger partial charge is 0.476 e. The Hall–Kier alpha value is -1.56. The second kappa shape index (κ2) is 8.78. The van der Waals surface area contributed by atoms with Crippen molar-refractivity contribution in [3.05, 3.63) is 5.82 Å². The van der Waals surface area contributed by atoms with E-state index in [1.807, 2.05) is 13.8 Å². The van der Waals surface area contributed by atoms with Crippen LogP contribution in [-0.2, 0) is 6.42 Å². The number of aromatic nitrogens is 2. The molecule has 1 saturated heterocycles. The van der Waals surface area contributed by atoms with Gasteiger partial charge in [0.15, 0.2) is 5.82 Å². The number of nitrogens with one attached hydrogen (secondary N) is 1. The summed E-state index contributed by atoms with van der Waals surface area (Å²) in [5, 5.41) is 3.34. The number of hydrogen-bond donors (Lipinski definition) is 2. The van der Waals surface area contributed by atoms with E-state index >= 15 is 0 Å². The minimum atomic E-state index is 0.494. The first kappa shape index (κ1) is 16.8. The Morgan fingerprint density at radius 1 is 1.18 bits per heavy atom. The van der Waals surface area contributed by atoms with Crippen LogP contribution in [0.15, 0.2) is 0 Å². The van der Waals surface area contributed by atoms with Crippen molar-refractivity contribution in [2.45, 2.75) is 46.0 Å². The van der Waals surface area contributed by atoms with Crippen molar-refractivity contribution in [2.75, 3.05) is 43.8 Å². The van der Waals surface area contributed by atoms with Gasteiger partial charge in [-0.15, -0.1) is 0 Å². The van der Waals surface area contributed by atoms with E-state index in [1.165, 1.54) is 38.9 Å². The van der Waals surface area contributed by atoms with Gasteiger partial charge in [-0.3, -0.25) is 0 Å². The number of likely N-dealkylation sites (tertiary alicyclic amines) is 1. The van der Waals surface area contributed by atoms with Crippen LogP contribution in [0.2, 0.25) is 0 Å². The summed E-state index contributed by atoms with van der Waals surface area (Å²) in [5.41, 5.74) is 6.60. The SMILES string of the molecule is CCOc1nc(CC)nc(NCCCCN2CCCC2)c1N. The van der Waals surface area contributed by atoms with E-state index < -0.39 is 0 Å². The standard InChI is InChI=1S/C16H29N5O/c1-3-13-19-15(14(17)16(20-13)22-4-2)18-9-5-6-10-21-11-7-8-12-21/h3-12,17H2,1-2H3,(H,18,19,20). The molecule has 6 heteroatoms. The number of ether oxygens (including phenoxy) is 1. The lowest BCUT2D eigenvalue weighted by atomic mass is 10.3. The molecule has 0 atom stereocenters. The number of rotatable bonds is 9. The van der Waals surface area contributed by atoms with Crippen molar-refractivity contribution in [2.24, 2.45) is 0 Å². The molecule has 1 fully saturated rings. The second-order valence-electron chi connectivity index (χ2n) is 5.68. The van der Waals surface area contributed by atoms with Gasteiger partial charge >= 0.3 is 0 Å². The van der Waals surface area contributed by atoms with Crippen LogP contribution in [0, 0.1) is 0 Å². The first-order valence-electron chi connectivity index (χ1n) is 8.50. The molecule has 2 heterocycles. The summed E-state index contributed by atoms with van der Waals surface area (Å²) in [4.78, 5) is 11.3. The lowest BCUT2D eigenvalue weighted by molar-refractivity contribution is 0.327. The van der Waals surface area contributed by atoms with Gasteiger partial charge in [-0.1, -0.05) is 6.92 Å². The van der Waals surface area contributed by atoms with Crippen LogP contribution >= 0.6 is 0 Å². The fourth-order valence-corrected chi connectivity index (χ4v) is 2.71. The van der Waals surface area contributed by atoms with Crippen LogP contribution in [0.5, 0.6) is 5.88 Å². The smallest absolute Gasteiger partial charge is 0.242 e. The molecular formula is C16H29N5O. The fraction of sp³-hybridized carbons (Fsp3) is 0.750. The zero-order valence-corrected chi connectivity index (χ0v) is 13.9. The summed E-state index contributed by atoms with van der Waals surface area (Å²) in [6.07, 6.45) is 5.80. The highest BCUT2D eigenvalue weighted by atomic mass is 16.5. The summed E-state index contributed by atoms with van der Waals surface area (Å²) in [5.74, 6) is 1.96. The molecule has 0 amide bonds. The summed E-state index contributed by atoms with van der Waals surface area (Å²) in [7, 11) is 0. The van der Waals surface area contributed by atoms with Crippen molar-refractivity contribution in [1.29, 1.82) is 0 Å². The Balaban J connectivity index is 1.81. The minimum Gasteiger partial charge on any atom is -0.476 e. The molecule has 0 spiro atoms. The van der Waals surface area contributed by atoms with Crippen LogP contribution < -0.4 is 15.8 Å². The Morgan fingerprint density at radius 3 is 2.64 bits per heavy atom. The Bertz CT molecular complexity index is 460. The second-order valence-corrected chi connectivity index (χ2v) is 5.68. The predicted molar refractivity (Wildman–Crippen MR) is 90.4 cm³/mol. The maximum atomic E-state index is 6.09. The zero-order valence-electron chi connectivity index (χ0n) is 13.9.